The molecule has 0 amide bonds. The summed E-state index contributed by atoms with van der Waals surface area (Å²) >= 11 is 0.966. The Balaban J connectivity index is 1.49. The summed E-state index contributed by atoms with van der Waals surface area (Å²) in [5.41, 5.74) is 1.86. The van der Waals surface area contributed by atoms with E-state index in [9.17, 15) is 18.3 Å². The Kier molecular flexibility index (Phi) is 6.18. The SMILES string of the molecule is Cc1ccc(S(=O)(=O)OCCOc2ccc(Cc3sc(=O)[nH]c3O)cc2)cc1. The molecule has 9 heteroatoms. The third kappa shape index (κ3) is 5.22. The molecule has 2 N–H and O–H groups in total. The van der Waals surface area contributed by atoms with Gasteiger partial charge in [-0.05, 0) is 36.8 Å². The molecule has 0 unspecified atom stereocenters. The Morgan fingerprint density at radius 1 is 1.04 bits per heavy atom. The highest BCUT2D eigenvalue weighted by Crippen LogP contribution is 2.22. The highest BCUT2D eigenvalue weighted by Gasteiger charge is 2.14. The quantitative estimate of drug-likeness (QED) is 0.428. The van der Waals surface area contributed by atoms with Crippen LogP contribution >= 0.6 is 11.3 Å². The molecule has 148 valence electrons. The van der Waals surface area contributed by atoms with E-state index in [0.717, 1.165) is 22.5 Å². The van der Waals surface area contributed by atoms with Gasteiger partial charge in [0.05, 0.1) is 9.77 Å². The van der Waals surface area contributed by atoms with Crippen LogP contribution in [-0.4, -0.2) is 31.7 Å². The maximum absolute atomic E-state index is 12.1. The van der Waals surface area contributed by atoms with E-state index >= 15 is 0 Å². The smallest absolute Gasteiger partial charge is 0.307 e. The first-order chi connectivity index (χ1) is 13.3. The van der Waals surface area contributed by atoms with Crippen LogP contribution in [0.15, 0.2) is 58.2 Å². The van der Waals surface area contributed by atoms with Crippen molar-refractivity contribution >= 4 is 21.5 Å². The van der Waals surface area contributed by atoms with Crippen LogP contribution in [-0.2, 0) is 20.7 Å². The molecule has 7 nitrogen and oxygen atoms in total. The number of rotatable bonds is 8. The first-order valence-corrected chi connectivity index (χ1v) is 10.6. The van der Waals surface area contributed by atoms with Gasteiger partial charge in [-0.3, -0.25) is 14.0 Å². The number of ether oxygens (including phenoxy) is 1. The number of hydrogen-bond acceptors (Lipinski definition) is 7. The Bertz CT molecular complexity index is 1080. The molecule has 1 heterocycles. The van der Waals surface area contributed by atoms with Crippen LogP contribution in [0.25, 0.3) is 0 Å². The predicted molar refractivity (Wildman–Crippen MR) is 106 cm³/mol. The maximum Gasteiger partial charge on any atom is 0.307 e. The minimum Gasteiger partial charge on any atom is -0.494 e. The Morgan fingerprint density at radius 2 is 1.71 bits per heavy atom. The van der Waals surface area contributed by atoms with Crippen molar-refractivity contribution < 1.29 is 22.4 Å². The Hall–Kier alpha value is -2.62. The van der Waals surface area contributed by atoms with Gasteiger partial charge >= 0.3 is 4.87 Å². The van der Waals surface area contributed by atoms with Gasteiger partial charge in [0.1, 0.15) is 19.0 Å². The first-order valence-electron chi connectivity index (χ1n) is 8.42. The van der Waals surface area contributed by atoms with E-state index in [4.69, 9.17) is 8.92 Å². The molecular formula is C19H19NO6S2. The molecule has 0 spiro atoms. The van der Waals surface area contributed by atoms with Gasteiger partial charge in [-0.25, -0.2) is 0 Å². The topological polar surface area (TPSA) is 106 Å². The molecule has 0 radical (unpaired) electrons. The van der Waals surface area contributed by atoms with Crippen molar-refractivity contribution in [3.05, 3.63) is 74.2 Å². The number of aromatic hydroxyl groups is 1. The van der Waals surface area contributed by atoms with Crippen molar-refractivity contribution in [2.45, 2.75) is 18.2 Å². The fourth-order valence-corrected chi connectivity index (χ4v) is 4.09. The summed E-state index contributed by atoms with van der Waals surface area (Å²) in [6.45, 7) is 1.84. The summed E-state index contributed by atoms with van der Waals surface area (Å²) < 4.78 is 34.6. The number of hydrogen-bond donors (Lipinski definition) is 2. The second-order valence-corrected chi connectivity index (χ2v) is 8.73. The number of aryl methyl sites for hydroxylation is 1. The molecule has 0 bridgehead atoms. The molecule has 0 aliphatic heterocycles. The fourth-order valence-electron chi connectivity index (χ4n) is 2.44. The van der Waals surface area contributed by atoms with Crippen LogP contribution in [0.1, 0.15) is 16.0 Å². The van der Waals surface area contributed by atoms with Gasteiger partial charge in [0.15, 0.2) is 0 Å². The Morgan fingerprint density at radius 3 is 2.32 bits per heavy atom. The molecule has 1 aromatic heterocycles. The van der Waals surface area contributed by atoms with Crippen LogP contribution in [0.4, 0.5) is 0 Å². The number of benzene rings is 2. The number of nitrogens with one attached hydrogen (secondary N) is 1. The van der Waals surface area contributed by atoms with E-state index in [1.807, 2.05) is 19.1 Å². The second kappa shape index (κ2) is 8.59. The van der Waals surface area contributed by atoms with E-state index in [-0.39, 0.29) is 28.9 Å². The van der Waals surface area contributed by atoms with Crippen LogP contribution in [0.2, 0.25) is 0 Å². The zero-order chi connectivity index (χ0) is 20.1. The van der Waals surface area contributed by atoms with E-state index in [1.165, 1.54) is 12.1 Å². The van der Waals surface area contributed by atoms with Crippen LogP contribution in [0.3, 0.4) is 0 Å². The second-order valence-electron chi connectivity index (χ2n) is 6.04. The molecule has 0 saturated carbocycles. The third-order valence-corrected chi connectivity index (χ3v) is 6.09. The highest BCUT2D eigenvalue weighted by atomic mass is 32.2. The fraction of sp³-hybridized carbons (Fsp3) is 0.211. The van der Waals surface area contributed by atoms with Crippen LogP contribution in [0, 0.1) is 6.92 Å². The molecule has 2 aromatic carbocycles. The van der Waals surface area contributed by atoms with Crippen molar-refractivity contribution in [3.63, 3.8) is 0 Å². The summed E-state index contributed by atoms with van der Waals surface area (Å²) in [5.74, 6) is 0.453. The maximum atomic E-state index is 12.1. The normalized spacial score (nSPS) is 11.5. The van der Waals surface area contributed by atoms with Gasteiger partial charge in [0, 0.05) is 6.42 Å². The lowest BCUT2D eigenvalue weighted by atomic mass is 10.1. The summed E-state index contributed by atoms with van der Waals surface area (Å²) in [5, 5.41) is 9.62. The van der Waals surface area contributed by atoms with Gasteiger partial charge in [-0.1, -0.05) is 41.2 Å². The van der Waals surface area contributed by atoms with E-state index in [0.29, 0.717) is 17.0 Å². The molecule has 28 heavy (non-hydrogen) atoms. The standard InChI is InChI=1S/C19H19NO6S2/c1-13-2-8-16(9-3-13)28(23,24)26-11-10-25-15-6-4-14(5-7-15)12-17-18(21)20-19(22)27-17/h2-9,21H,10-12H2,1H3,(H,20,22). The van der Waals surface area contributed by atoms with Gasteiger partial charge in [-0.15, -0.1) is 0 Å². The molecule has 0 aliphatic carbocycles. The average Bonchev–Trinajstić information content (AvgIpc) is 2.97. The molecule has 0 aliphatic rings. The van der Waals surface area contributed by atoms with Crippen LogP contribution in [0.5, 0.6) is 11.6 Å². The number of aromatic amines is 1. The molecule has 0 atom stereocenters. The summed E-state index contributed by atoms with van der Waals surface area (Å²) in [6, 6.07) is 13.5. The van der Waals surface area contributed by atoms with Gasteiger partial charge in [-0.2, -0.15) is 8.42 Å². The van der Waals surface area contributed by atoms with E-state index in [1.54, 1.807) is 24.3 Å². The summed E-state index contributed by atoms with van der Waals surface area (Å²) in [7, 11) is -3.81. The molecular weight excluding hydrogens is 402 g/mol. The zero-order valence-corrected chi connectivity index (χ0v) is 16.7. The molecule has 3 rings (SSSR count). The monoisotopic (exact) mass is 421 g/mol. The molecule has 0 fully saturated rings. The van der Waals surface area contributed by atoms with Gasteiger partial charge < -0.3 is 9.84 Å². The summed E-state index contributed by atoms with van der Waals surface area (Å²) in [4.78, 5) is 13.9. The zero-order valence-electron chi connectivity index (χ0n) is 15.0. The van der Waals surface area contributed by atoms with Gasteiger partial charge in [0.25, 0.3) is 10.1 Å². The minimum absolute atomic E-state index is 0.0741. The first kappa shape index (κ1) is 20.1. The average molecular weight is 421 g/mol. The number of aromatic nitrogens is 1. The number of H-pyrrole nitrogens is 1. The van der Waals surface area contributed by atoms with Crippen LogP contribution < -0.4 is 9.61 Å². The largest absolute Gasteiger partial charge is 0.494 e. The van der Waals surface area contributed by atoms with E-state index < -0.39 is 10.1 Å². The lowest BCUT2D eigenvalue weighted by molar-refractivity contribution is 0.221. The van der Waals surface area contributed by atoms with Crippen molar-refractivity contribution in [1.29, 1.82) is 0 Å². The Labute approximate surface area is 166 Å². The minimum atomic E-state index is -3.81. The van der Waals surface area contributed by atoms with Crippen molar-refractivity contribution in [3.8, 4) is 11.6 Å². The summed E-state index contributed by atoms with van der Waals surface area (Å²) in [6.07, 6.45) is 0.424. The van der Waals surface area contributed by atoms with Crippen molar-refractivity contribution in [2.75, 3.05) is 13.2 Å². The molecule has 0 saturated heterocycles. The third-order valence-electron chi connectivity index (χ3n) is 3.89. The predicted octanol–water partition coefficient (Wildman–Crippen LogP) is 2.83. The highest BCUT2D eigenvalue weighted by molar-refractivity contribution is 7.86. The molecule has 3 aromatic rings. The number of thiazole rings is 1. The van der Waals surface area contributed by atoms with Crippen molar-refractivity contribution in [2.24, 2.45) is 0 Å². The lowest BCUT2D eigenvalue weighted by Gasteiger charge is -2.08. The van der Waals surface area contributed by atoms with Gasteiger partial charge in [0.2, 0.25) is 5.88 Å². The van der Waals surface area contributed by atoms with Crippen molar-refractivity contribution in [1.82, 2.24) is 4.98 Å². The van der Waals surface area contributed by atoms with E-state index in [2.05, 4.69) is 4.98 Å². The lowest BCUT2D eigenvalue weighted by Crippen LogP contribution is -2.13.